The molecule has 0 bridgehead atoms. The third kappa shape index (κ3) is 4.18. The molecule has 0 fully saturated rings. The average molecular weight is 232 g/mol. The van der Waals surface area contributed by atoms with Gasteiger partial charge in [0.25, 0.3) is 0 Å². The molecule has 0 amide bonds. The number of hydrogen-bond donors (Lipinski definition) is 3. The van der Waals surface area contributed by atoms with Gasteiger partial charge in [0.15, 0.2) is 0 Å². The minimum absolute atomic E-state index is 0. The van der Waals surface area contributed by atoms with E-state index < -0.39 is 11.9 Å². The number of nitrogens with two attached hydrogens (primary N) is 1. The zero-order valence-corrected chi connectivity index (χ0v) is 8.91. The molecule has 15 heavy (non-hydrogen) atoms. The lowest BCUT2D eigenvalue weighted by atomic mass is 10.00. The van der Waals surface area contributed by atoms with Gasteiger partial charge in [-0.3, -0.25) is 4.79 Å². The quantitative estimate of drug-likeness (QED) is 0.722. The van der Waals surface area contributed by atoms with Crippen molar-refractivity contribution in [2.45, 2.75) is 6.42 Å². The van der Waals surface area contributed by atoms with Crippen molar-refractivity contribution in [3.8, 4) is 5.75 Å². The molecule has 0 radical (unpaired) electrons. The van der Waals surface area contributed by atoms with Crippen molar-refractivity contribution < 1.29 is 15.0 Å². The average Bonchev–Trinajstić information content (AvgIpc) is 2.16. The van der Waals surface area contributed by atoms with Gasteiger partial charge in [0, 0.05) is 6.54 Å². The maximum absolute atomic E-state index is 10.7. The number of carbonyl (C=O) groups is 1. The second kappa shape index (κ2) is 6.27. The molecule has 1 rings (SSSR count). The smallest absolute Gasteiger partial charge is 0.308 e. The molecular formula is C10H14ClNO3. The van der Waals surface area contributed by atoms with Gasteiger partial charge in [0.2, 0.25) is 0 Å². The molecule has 0 unspecified atom stereocenters. The molecule has 4 N–H and O–H groups in total. The fraction of sp³-hybridized carbons (Fsp3) is 0.300. The van der Waals surface area contributed by atoms with Crippen molar-refractivity contribution in [2.75, 3.05) is 6.54 Å². The van der Waals surface area contributed by atoms with Crippen LogP contribution in [-0.4, -0.2) is 22.7 Å². The van der Waals surface area contributed by atoms with Gasteiger partial charge in [0.05, 0.1) is 5.92 Å². The Balaban J connectivity index is 0.00000196. The first-order valence-electron chi connectivity index (χ1n) is 4.34. The normalized spacial score (nSPS) is 11.5. The molecule has 0 saturated heterocycles. The van der Waals surface area contributed by atoms with Crippen LogP contribution in [0, 0.1) is 5.92 Å². The van der Waals surface area contributed by atoms with Crippen LogP contribution in [0.15, 0.2) is 24.3 Å². The van der Waals surface area contributed by atoms with Crippen molar-refractivity contribution in [2.24, 2.45) is 11.7 Å². The fourth-order valence-corrected chi connectivity index (χ4v) is 1.19. The molecule has 0 aromatic heterocycles. The molecule has 5 heteroatoms. The molecule has 0 aliphatic carbocycles. The highest BCUT2D eigenvalue weighted by molar-refractivity contribution is 5.85. The molecular weight excluding hydrogens is 218 g/mol. The van der Waals surface area contributed by atoms with E-state index in [0.29, 0.717) is 6.42 Å². The molecule has 1 atom stereocenters. The highest BCUT2D eigenvalue weighted by Gasteiger charge is 2.15. The lowest BCUT2D eigenvalue weighted by Gasteiger charge is -2.09. The largest absolute Gasteiger partial charge is 0.508 e. The van der Waals surface area contributed by atoms with Gasteiger partial charge >= 0.3 is 5.97 Å². The zero-order valence-electron chi connectivity index (χ0n) is 8.09. The fourth-order valence-electron chi connectivity index (χ4n) is 1.19. The van der Waals surface area contributed by atoms with E-state index >= 15 is 0 Å². The number of rotatable bonds is 4. The SMILES string of the molecule is Cl.NC[C@@H](Cc1ccc(O)cc1)C(=O)O. The summed E-state index contributed by atoms with van der Waals surface area (Å²) in [5, 5.41) is 17.8. The van der Waals surface area contributed by atoms with E-state index in [1.807, 2.05) is 0 Å². The molecule has 0 heterocycles. The molecule has 84 valence electrons. The van der Waals surface area contributed by atoms with Crippen molar-refractivity contribution in [3.05, 3.63) is 29.8 Å². The molecule has 4 nitrogen and oxygen atoms in total. The second-order valence-corrected chi connectivity index (χ2v) is 3.14. The number of phenolic OH excluding ortho intramolecular Hbond substituents is 1. The number of hydrogen-bond acceptors (Lipinski definition) is 3. The summed E-state index contributed by atoms with van der Waals surface area (Å²) in [6.45, 7) is 0.121. The Morgan fingerprint density at radius 1 is 1.33 bits per heavy atom. The van der Waals surface area contributed by atoms with E-state index in [1.54, 1.807) is 12.1 Å². The van der Waals surface area contributed by atoms with Crippen LogP contribution in [0.2, 0.25) is 0 Å². The van der Waals surface area contributed by atoms with Gasteiger partial charge in [-0.15, -0.1) is 12.4 Å². The van der Waals surface area contributed by atoms with Crippen molar-refractivity contribution in [3.63, 3.8) is 0 Å². The summed E-state index contributed by atoms with van der Waals surface area (Å²) < 4.78 is 0. The number of benzene rings is 1. The molecule has 0 aliphatic rings. The van der Waals surface area contributed by atoms with Crippen LogP contribution in [-0.2, 0) is 11.2 Å². The summed E-state index contributed by atoms with van der Waals surface area (Å²) in [4.78, 5) is 10.7. The summed E-state index contributed by atoms with van der Waals surface area (Å²) in [6, 6.07) is 6.46. The number of carboxylic acid groups (broad SMARTS) is 1. The lowest BCUT2D eigenvalue weighted by molar-refractivity contribution is -0.141. The van der Waals surface area contributed by atoms with Gasteiger partial charge in [-0.25, -0.2) is 0 Å². The van der Waals surface area contributed by atoms with Gasteiger partial charge in [-0.2, -0.15) is 0 Å². The van der Waals surface area contributed by atoms with E-state index in [0.717, 1.165) is 5.56 Å². The van der Waals surface area contributed by atoms with Gasteiger partial charge in [0.1, 0.15) is 5.75 Å². The van der Waals surface area contributed by atoms with E-state index in [9.17, 15) is 4.79 Å². The van der Waals surface area contributed by atoms with Crippen LogP contribution < -0.4 is 5.73 Å². The van der Waals surface area contributed by atoms with E-state index in [-0.39, 0.29) is 24.7 Å². The Labute approximate surface area is 94.1 Å². The summed E-state index contributed by atoms with van der Waals surface area (Å²) in [5.74, 6) is -1.27. The first kappa shape index (κ1) is 13.7. The van der Waals surface area contributed by atoms with Gasteiger partial charge in [-0.1, -0.05) is 12.1 Å². The third-order valence-corrected chi connectivity index (χ3v) is 2.05. The van der Waals surface area contributed by atoms with Crippen LogP contribution in [0.5, 0.6) is 5.75 Å². The lowest BCUT2D eigenvalue weighted by Crippen LogP contribution is -2.25. The van der Waals surface area contributed by atoms with Crippen LogP contribution in [0.25, 0.3) is 0 Å². The van der Waals surface area contributed by atoms with Crippen LogP contribution in [0.4, 0.5) is 0 Å². The number of carboxylic acids is 1. The molecule has 0 spiro atoms. The first-order chi connectivity index (χ1) is 6.63. The Morgan fingerprint density at radius 2 is 1.87 bits per heavy atom. The zero-order chi connectivity index (χ0) is 10.6. The Bertz CT molecular complexity index is 313. The Hall–Kier alpha value is -1.26. The third-order valence-electron chi connectivity index (χ3n) is 2.05. The molecule has 0 saturated carbocycles. The monoisotopic (exact) mass is 231 g/mol. The van der Waals surface area contributed by atoms with Crippen LogP contribution >= 0.6 is 12.4 Å². The van der Waals surface area contributed by atoms with Crippen LogP contribution in [0.1, 0.15) is 5.56 Å². The number of aromatic hydroxyl groups is 1. The molecule has 0 aliphatic heterocycles. The minimum Gasteiger partial charge on any atom is -0.508 e. The van der Waals surface area contributed by atoms with E-state index in [1.165, 1.54) is 12.1 Å². The predicted molar refractivity (Wildman–Crippen MR) is 59.2 cm³/mol. The standard InChI is InChI=1S/C10H13NO3.ClH/c11-6-8(10(13)14)5-7-1-3-9(12)4-2-7;/h1-4,8,12H,5-6,11H2,(H,13,14);1H/t8-;/m1./s1. The van der Waals surface area contributed by atoms with Crippen LogP contribution in [0.3, 0.4) is 0 Å². The maximum Gasteiger partial charge on any atom is 0.308 e. The van der Waals surface area contributed by atoms with Gasteiger partial charge < -0.3 is 15.9 Å². The topological polar surface area (TPSA) is 83.5 Å². The summed E-state index contributed by atoms with van der Waals surface area (Å²) >= 11 is 0. The second-order valence-electron chi connectivity index (χ2n) is 3.14. The Morgan fingerprint density at radius 3 is 2.27 bits per heavy atom. The predicted octanol–water partition coefficient (Wildman–Crippen LogP) is 1.02. The maximum atomic E-state index is 10.7. The number of aliphatic carboxylic acids is 1. The van der Waals surface area contributed by atoms with E-state index in [4.69, 9.17) is 15.9 Å². The summed E-state index contributed by atoms with van der Waals surface area (Å²) in [5.41, 5.74) is 6.18. The summed E-state index contributed by atoms with van der Waals surface area (Å²) in [6.07, 6.45) is 0.395. The van der Waals surface area contributed by atoms with E-state index in [2.05, 4.69) is 0 Å². The number of halogens is 1. The van der Waals surface area contributed by atoms with Crippen molar-refractivity contribution in [1.29, 1.82) is 0 Å². The van der Waals surface area contributed by atoms with Crippen molar-refractivity contribution in [1.82, 2.24) is 0 Å². The molecule has 1 aromatic carbocycles. The summed E-state index contributed by atoms with van der Waals surface area (Å²) in [7, 11) is 0. The highest BCUT2D eigenvalue weighted by Crippen LogP contribution is 2.13. The highest BCUT2D eigenvalue weighted by atomic mass is 35.5. The number of phenols is 1. The molecule has 1 aromatic rings. The van der Waals surface area contributed by atoms with Gasteiger partial charge in [-0.05, 0) is 24.1 Å². The Kier molecular flexibility index (Phi) is 5.74. The first-order valence-corrected chi connectivity index (χ1v) is 4.34. The minimum atomic E-state index is -0.888. The van der Waals surface area contributed by atoms with Crippen molar-refractivity contribution >= 4 is 18.4 Å².